The van der Waals surface area contributed by atoms with Crippen molar-refractivity contribution in [3.05, 3.63) is 53.7 Å². The molecule has 0 radical (unpaired) electrons. The maximum absolute atomic E-state index is 14.0. The molecule has 31 heavy (non-hydrogen) atoms. The molecule has 3 aromatic rings. The van der Waals surface area contributed by atoms with E-state index < -0.39 is 17.5 Å². The lowest BCUT2D eigenvalue weighted by Crippen LogP contribution is -2.21. The van der Waals surface area contributed by atoms with E-state index >= 15 is 0 Å². The van der Waals surface area contributed by atoms with Crippen LogP contribution in [-0.4, -0.2) is 22.8 Å². The summed E-state index contributed by atoms with van der Waals surface area (Å²) in [6.07, 6.45) is 6.59. The summed E-state index contributed by atoms with van der Waals surface area (Å²) in [6.45, 7) is 4.57. The molecular weight excluding hydrogens is 400 g/mol. The van der Waals surface area contributed by atoms with E-state index in [-0.39, 0.29) is 5.56 Å². The number of benzene rings is 2. The Balaban J connectivity index is 1.58. The Hall–Kier alpha value is -2.96. The highest BCUT2D eigenvalue weighted by Crippen LogP contribution is 2.37. The van der Waals surface area contributed by atoms with Crippen LogP contribution in [0.3, 0.4) is 0 Å². The van der Waals surface area contributed by atoms with Crippen LogP contribution in [0.15, 0.2) is 36.5 Å². The first-order valence-electron chi connectivity index (χ1n) is 10.7. The van der Waals surface area contributed by atoms with Gasteiger partial charge in [0, 0.05) is 23.7 Å². The van der Waals surface area contributed by atoms with Crippen LogP contribution in [0, 0.1) is 23.5 Å². The third-order valence-corrected chi connectivity index (χ3v) is 6.33. The fourth-order valence-electron chi connectivity index (χ4n) is 4.42. The van der Waals surface area contributed by atoms with Crippen molar-refractivity contribution in [3.8, 4) is 5.75 Å². The molecule has 5 nitrogen and oxygen atoms in total. The fraction of sp³-hybridized carbons (Fsp3) is 0.417. The summed E-state index contributed by atoms with van der Waals surface area (Å²) in [5.41, 5.74) is 0.946. The van der Waals surface area contributed by atoms with Crippen LogP contribution in [0.4, 0.5) is 14.5 Å². The van der Waals surface area contributed by atoms with E-state index in [1.54, 1.807) is 12.1 Å². The molecule has 1 aliphatic carbocycles. The Labute approximate surface area is 180 Å². The van der Waals surface area contributed by atoms with Crippen LogP contribution in [0.5, 0.6) is 5.75 Å². The first kappa shape index (κ1) is 21.3. The van der Waals surface area contributed by atoms with Gasteiger partial charge in [-0.15, -0.1) is 0 Å². The molecule has 1 aliphatic rings. The van der Waals surface area contributed by atoms with Gasteiger partial charge in [-0.1, -0.05) is 13.8 Å². The minimum Gasteiger partial charge on any atom is -0.494 e. The number of nitrogens with zero attached hydrogens (tertiary/aromatic N) is 2. The molecule has 2 aromatic carbocycles. The number of amides is 1. The van der Waals surface area contributed by atoms with E-state index in [1.807, 2.05) is 10.9 Å². The van der Waals surface area contributed by atoms with Gasteiger partial charge in [0.2, 0.25) is 0 Å². The Morgan fingerprint density at radius 2 is 1.90 bits per heavy atom. The van der Waals surface area contributed by atoms with E-state index in [2.05, 4.69) is 19.2 Å². The van der Waals surface area contributed by atoms with Crippen molar-refractivity contribution in [2.75, 3.05) is 12.4 Å². The molecule has 1 aromatic heterocycles. The van der Waals surface area contributed by atoms with Crippen molar-refractivity contribution in [3.63, 3.8) is 0 Å². The Kier molecular flexibility index (Phi) is 5.94. The number of aromatic nitrogens is 2. The van der Waals surface area contributed by atoms with Crippen molar-refractivity contribution >= 4 is 22.5 Å². The quantitative estimate of drug-likeness (QED) is 0.546. The van der Waals surface area contributed by atoms with Gasteiger partial charge in [-0.3, -0.25) is 9.48 Å². The van der Waals surface area contributed by atoms with Gasteiger partial charge in [0.1, 0.15) is 17.4 Å². The molecule has 0 atom stereocenters. The zero-order valence-corrected chi connectivity index (χ0v) is 18.0. The van der Waals surface area contributed by atoms with E-state index in [1.165, 1.54) is 20.0 Å². The van der Waals surface area contributed by atoms with Crippen LogP contribution >= 0.6 is 0 Å². The highest BCUT2D eigenvalue weighted by molar-refractivity contribution is 6.06. The molecule has 1 saturated carbocycles. The maximum Gasteiger partial charge on any atom is 0.258 e. The Morgan fingerprint density at radius 3 is 2.55 bits per heavy atom. The zero-order valence-electron chi connectivity index (χ0n) is 18.0. The number of methoxy groups -OCH3 is 1. The monoisotopic (exact) mass is 427 g/mol. The van der Waals surface area contributed by atoms with Crippen LogP contribution in [0.25, 0.3) is 10.9 Å². The lowest BCUT2D eigenvalue weighted by Gasteiger charge is -2.30. The number of hydrogen-bond donors (Lipinski definition) is 1. The van der Waals surface area contributed by atoms with Gasteiger partial charge in [0.05, 0.1) is 29.9 Å². The second kappa shape index (κ2) is 8.65. The normalized spacial score (nSPS) is 19.0. The van der Waals surface area contributed by atoms with E-state index in [0.29, 0.717) is 29.5 Å². The summed E-state index contributed by atoms with van der Waals surface area (Å²) >= 11 is 0. The zero-order chi connectivity index (χ0) is 22.1. The van der Waals surface area contributed by atoms with Gasteiger partial charge in [-0.2, -0.15) is 5.10 Å². The Bertz CT molecular complexity index is 1100. The number of carbonyl (C=O) groups excluding carboxylic acids is 1. The summed E-state index contributed by atoms with van der Waals surface area (Å²) in [5.74, 6) is -0.411. The predicted octanol–water partition coefficient (Wildman–Crippen LogP) is 5.96. The molecule has 1 N–H and O–H groups in total. The lowest BCUT2D eigenvalue weighted by molar-refractivity contribution is 0.102. The summed E-state index contributed by atoms with van der Waals surface area (Å²) in [7, 11) is 1.50. The molecule has 0 spiro atoms. The van der Waals surface area contributed by atoms with Crippen LogP contribution in [0.1, 0.15) is 55.9 Å². The van der Waals surface area contributed by atoms with Gasteiger partial charge in [-0.05, 0) is 55.7 Å². The summed E-state index contributed by atoms with van der Waals surface area (Å²) in [5, 5.41) is 8.28. The van der Waals surface area contributed by atoms with Crippen molar-refractivity contribution in [1.82, 2.24) is 9.78 Å². The summed E-state index contributed by atoms with van der Waals surface area (Å²) in [6, 6.07) is 6.76. The molecule has 0 unspecified atom stereocenters. The molecule has 7 heteroatoms. The lowest BCUT2D eigenvalue weighted by atomic mass is 9.80. The third-order valence-electron chi connectivity index (χ3n) is 6.33. The number of fused-ring (bicyclic) bond motifs is 1. The van der Waals surface area contributed by atoms with Gasteiger partial charge >= 0.3 is 0 Å². The van der Waals surface area contributed by atoms with Crippen molar-refractivity contribution in [2.45, 2.75) is 45.6 Å². The number of hydrogen-bond acceptors (Lipinski definition) is 3. The predicted molar refractivity (Wildman–Crippen MR) is 116 cm³/mol. The summed E-state index contributed by atoms with van der Waals surface area (Å²) in [4.78, 5) is 12.5. The second-order valence-corrected chi connectivity index (χ2v) is 8.61. The molecular formula is C24H27F2N3O2. The number of nitrogens with one attached hydrogen (secondary N) is 1. The minimum absolute atomic E-state index is 0.235. The molecule has 164 valence electrons. The van der Waals surface area contributed by atoms with Gasteiger partial charge in [0.25, 0.3) is 5.91 Å². The number of ether oxygens (including phenoxy) is 1. The number of halogens is 2. The number of carbonyl (C=O) groups is 1. The summed E-state index contributed by atoms with van der Waals surface area (Å²) < 4.78 is 34.6. The van der Waals surface area contributed by atoms with Crippen molar-refractivity contribution in [2.24, 2.45) is 11.8 Å². The highest BCUT2D eigenvalue weighted by atomic mass is 19.1. The van der Waals surface area contributed by atoms with E-state index in [0.717, 1.165) is 41.8 Å². The second-order valence-electron chi connectivity index (χ2n) is 8.61. The van der Waals surface area contributed by atoms with E-state index in [9.17, 15) is 13.6 Å². The standard InChI is InChI=1S/C24H27F2N3O2/c1-14(2)15-4-7-18(8-5-15)29-13-16-10-22(23(31-3)12-21(16)28-29)27-24(30)19-9-6-17(25)11-20(19)26/h6,9-15,18H,4-5,7-8H2,1-3H3,(H,27,30)/t15-,18-. The number of rotatable bonds is 5. The number of anilines is 1. The molecule has 0 bridgehead atoms. The average Bonchev–Trinajstić information content (AvgIpc) is 3.16. The fourth-order valence-corrected chi connectivity index (χ4v) is 4.42. The molecule has 1 heterocycles. The highest BCUT2D eigenvalue weighted by Gasteiger charge is 2.25. The molecule has 4 rings (SSSR count). The van der Waals surface area contributed by atoms with Crippen molar-refractivity contribution < 1.29 is 18.3 Å². The first-order chi connectivity index (χ1) is 14.9. The average molecular weight is 427 g/mol. The van der Waals surface area contributed by atoms with Crippen LogP contribution < -0.4 is 10.1 Å². The smallest absolute Gasteiger partial charge is 0.258 e. The van der Waals surface area contributed by atoms with Gasteiger partial charge in [0.15, 0.2) is 0 Å². The maximum atomic E-state index is 14.0. The molecule has 0 saturated heterocycles. The van der Waals surface area contributed by atoms with Crippen LogP contribution in [-0.2, 0) is 0 Å². The minimum atomic E-state index is -0.914. The first-order valence-corrected chi connectivity index (χ1v) is 10.7. The molecule has 1 fully saturated rings. The SMILES string of the molecule is COc1cc2nn([C@H]3CC[C@H](C(C)C)CC3)cc2cc1NC(=O)c1ccc(F)cc1F. The molecule has 1 amide bonds. The largest absolute Gasteiger partial charge is 0.494 e. The van der Waals surface area contributed by atoms with E-state index in [4.69, 9.17) is 9.84 Å². The Morgan fingerprint density at radius 1 is 1.16 bits per heavy atom. The topological polar surface area (TPSA) is 56.1 Å². The van der Waals surface area contributed by atoms with Crippen molar-refractivity contribution in [1.29, 1.82) is 0 Å². The van der Waals surface area contributed by atoms with Gasteiger partial charge < -0.3 is 10.1 Å². The van der Waals surface area contributed by atoms with Crippen LogP contribution in [0.2, 0.25) is 0 Å². The van der Waals surface area contributed by atoms with Gasteiger partial charge in [-0.25, -0.2) is 8.78 Å². The third kappa shape index (κ3) is 4.40. The molecule has 0 aliphatic heterocycles.